The molecule has 2 aliphatic heterocycles. The van der Waals surface area contributed by atoms with Crippen LogP contribution in [0.4, 0.5) is 4.79 Å². The molecule has 0 spiro atoms. The molecule has 0 bridgehead atoms. The van der Waals surface area contributed by atoms with E-state index in [-0.39, 0.29) is 6.03 Å². The molecule has 3 heterocycles. The minimum absolute atomic E-state index is 0.0767. The molecule has 6 heteroatoms. The van der Waals surface area contributed by atoms with Gasteiger partial charge in [0, 0.05) is 37.3 Å². The second kappa shape index (κ2) is 6.65. The number of hydrogen-bond donors (Lipinski definition) is 1. The first kappa shape index (κ1) is 15.2. The Balaban J connectivity index is 1.40. The number of nitrogens with one attached hydrogen (secondary N) is 1. The number of likely N-dealkylation sites (tertiary alicyclic amines) is 1. The van der Waals surface area contributed by atoms with Crippen molar-refractivity contribution >= 4 is 6.03 Å². The maximum Gasteiger partial charge on any atom is 0.317 e. The van der Waals surface area contributed by atoms with Gasteiger partial charge in [-0.2, -0.15) is 0 Å². The molecular weight excluding hydrogens is 304 g/mol. The van der Waals surface area contributed by atoms with E-state index in [9.17, 15) is 4.79 Å². The van der Waals surface area contributed by atoms with Crippen molar-refractivity contribution in [3.63, 3.8) is 0 Å². The van der Waals surface area contributed by atoms with E-state index in [4.69, 9.17) is 4.52 Å². The average molecular weight is 326 g/mol. The fraction of sp³-hybridized carbons (Fsp3) is 0.444. The molecule has 0 saturated carbocycles. The molecule has 24 heavy (non-hydrogen) atoms. The lowest BCUT2D eigenvalue weighted by molar-refractivity contribution is 0.115. The quantitative estimate of drug-likeness (QED) is 0.937. The number of benzene rings is 1. The number of rotatable bonds is 4. The predicted octanol–water partition coefficient (Wildman–Crippen LogP) is 2.33. The maximum absolute atomic E-state index is 11.9. The minimum Gasteiger partial charge on any atom is -0.359 e. The van der Waals surface area contributed by atoms with E-state index < -0.39 is 0 Å². The Hall–Kier alpha value is -2.34. The second-order valence-electron chi connectivity index (χ2n) is 6.50. The van der Waals surface area contributed by atoms with Gasteiger partial charge in [0.15, 0.2) is 5.76 Å². The summed E-state index contributed by atoms with van der Waals surface area (Å²) >= 11 is 0. The molecule has 0 aliphatic carbocycles. The summed E-state index contributed by atoms with van der Waals surface area (Å²) in [5, 5.41) is 7.08. The molecule has 0 unspecified atom stereocenters. The molecule has 2 aliphatic rings. The summed E-state index contributed by atoms with van der Waals surface area (Å²) in [6.45, 7) is 4.25. The number of carbonyl (C=O) groups excluding carboxylic acids is 1. The number of amides is 2. The van der Waals surface area contributed by atoms with Gasteiger partial charge in [0.2, 0.25) is 0 Å². The summed E-state index contributed by atoms with van der Waals surface area (Å²) in [6, 6.07) is 12.5. The fourth-order valence-electron chi connectivity index (χ4n) is 3.62. The number of hydrogen-bond acceptors (Lipinski definition) is 4. The highest BCUT2D eigenvalue weighted by molar-refractivity contribution is 5.76. The number of aromatic nitrogens is 1. The first-order valence-corrected chi connectivity index (χ1v) is 8.57. The van der Waals surface area contributed by atoms with Crippen molar-refractivity contribution in [2.75, 3.05) is 26.2 Å². The Labute approximate surface area is 141 Å². The molecule has 2 aromatic rings. The van der Waals surface area contributed by atoms with Crippen molar-refractivity contribution in [2.24, 2.45) is 0 Å². The molecule has 1 aromatic heterocycles. The van der Waals surface area contributed by atoms with Gasteiger partial charge >= 0.3 is 6.03 Å². The average Bonchev–Trinajstić information content (AvgIpc) is 3.25. The second-order valence-corrected chi connectivity index (χ2v) is 6.50. The molecule has 0 radical (unpaired) electrons. The van der Waals surface area contributed by atoms with Gasteiger partial charge in [-0.3, -0.25) is 4.90 Å². The van der Waals surface area contributed by atoms with Crippen molar-refractivity contribution in [3.05, 3.63) is 42.2 Å². The standard InChI is InChI=1S/C18H22N4O2/c23-18-19-8-10-22(18)15-7-4-9-21(12-15)13-16-11-17(20-24-16)14-5-2-1-3-6-14/h1-3,5-6,11,15H,4,7-10,12-13H2,(H,19,23)/t15-/m1/s1. The first-order valence-electron chi connectivity index (χ1n) is 8.57. The van der Waals surface area contributed by atoms with Crippen molar-refractivity contribution < 1.29 is 9.32 Å². The number of urea groups is 1. The molecule has 1 atom stereocenters. The number of nitrogens with zero attached hydrogens (tertiary/aromatic N) is 3. The van der Waals surface area contributed by atoms with Crippen LogP contribution in [0, 0.1) is 0 Å². The van der Waals surface area contributed by atoms with Gasteiger partial charge in [-0.15, -0.1) is 0 Å². The lowest BCUT2D eigenvalue weighted by atomic mass is 10.0. The summed E-state index contributed by atoms with van der Waals surface area (Å²) < 4.78 is 5.52. The van der Waals surface area contributed by atoms with Crippen LogP contribution in [0.2, 0.25) is 0 Å². The summed E-state index contributed by atoms with van der Waals surface area (Å²) in [5.41, 5.74) is 1.94. The van der Waals surface area contributed by atoms with Crippen molar-refractivity contribution in [2.45, 2.75) is 25.4 Å². The largest absolute Gasteiger partial charge is 0.359 e. The predicted molar refractivity (Wildman–Crippen MR) is 90.3 cm³/mol. The molecule has 2 fully saturated rings. The SMILES string of the molecule is O=C1NCCN1[C@@H]1CCCN(Cc2cc(-c3ccccc3)no2)C1. The van der Waals surface area contributed by atoms with Crippen LogP contribution in [-0.2, 0) is 6.54 Å². The Kier molecular flexibility index (Phi) is 4.21. The van der Waals surface area contributed by atoms with Crippen LogP contribution in [0.25, 0.3) is 11.3 Å². The van der Waals surface area contributed by atoms with Gasteiger partial charge in [0.05, 0.1) is 6.54 Å². The molecule has 2 amide bonds. The highest BCUT2D eigenvalue weighted by Crippen LogP contribution is 2.22. The van der Waals surface area contributed by atoms with E-state index in [1.165, 1.54) is 0 Å². The van der Waals surface area contributed by atoms with Crippen LogP contribution in [-0.4, -0.2) is 53.2 Å². The van der Waals surface area contributed by atoms with Crippen molar-refractivity contribution in [1.29, 1.82) is 0 Å². The van der Waals surface area contributed by atoms with Crippen LogP contribution in [0.1, 0.15) is 18.6 Å². The molecule has 6 nitrogen and oxygen atoms in total. The third-order valence-corrected chi connectivity index (χ3v) is 4.82. The van der Waals surface area contributed by atoms with E-state index in [0.29, 0.717) is 6.04 Å². The Bertz CT molecular complexity index is 700. The molecule has 126 valence electrons. The monoisotopic (exact) mass is 326 g/mol. The Morgan fingerprint density at radius 2 is 2.12 bits per heavy atom. The topological polar surface area (TPSA) is 61.6 Å². The van der Waals surface area contributed by atoms with E-state index >= 15 is 0 Å². The van der Waals surface area contributed by atoms with E-state index in [2.05, 4.69) is 15.4 Å². The highest BCUT2D eigenvalue weighted by Gasteiger charge is 2.31. The zero-order valence-electron chi connectivity index (χ0n) is 13.6. The van der Waals surface area contributed by atoms with Crippen LogP contribution >= 0.6 is 0 Å². The van der Waals surface area contributed by atoms with Gasteiger partial charge < -0.3 is 14.7 Å². The van der Waals surface area contributed by atoms with E-state index in [1.807, 2.05) is 41.3 Å². The van der Waals surface area contributed by atoms with Crippen LogP contribution < -0.4 is 5.32 Å². The van der Waals surface area contributed by atoms with Crippen LogP contribution in [0.5, 0.6) is 0 Å². The third kappa shape index (κ3) is 3.14. The molecule has 4 rings (SSSR count). The van der Waals surface area contributed by atoms with Gasteiger partial charge in [-0.05, 0) is 19.4 Å². The summed E-state index contributed by atoms with van der Waals surface area (Å²) in [4.78, 5) is 16.2. The fourth-order valence-corrected chi connectivity index (χ4v) is 3.62. The summed E-state index contributed by atoms with van der Waals surface area (Å²) in [7, 11) is 0. The van der Waals surface area contributed by atoms with E-state index in [0.717, 1.165) is 62.6 Å². The number of carbonyl (C=O) groups is 1. The van der Waals surface area contributed by atoms with Crippen LogP contribution in [0.3, 0.4) is 0 Å². The normalized spacial score (nSPS) is 21.9. The van der Waals surface area contributed by atoms with Gasteiger partial charge in [-0.1, -0.05) is 35.5 Å². The zero-order chi connectivity index (χ0) is 16.4. The lowest BCUT2D eigenvalue weighted by Gasteiger charge is -2.36. The zero-order valence-corrected chi connectivity index (χ0v) is 13.6. The molecule has 1 N–H and O–H groups in total. The Morgan fingerprint density at radius 3 is 2.92 bits per heavy atom. The number of piperidine rings is 1. The highest BCUT2D eigenvalue weighted by atomic mass is 16.5. The molecular formula is C18H22N4O2. The summed E-state index contributed by atoms with van der Waals surface area (Å²) in [6.07, 6.45) is 2.18. The lowest BCUT2D eigenvalue weighted by Crippen LogP contribution is -2.48. The van der Waals surface area contributed by atoms with Crippen LogP contribution in [0.15, 0.2) is 40.9 Å². The molecule has 2 saturated heterocycles. The van der Waals surface area contributed by atoms with Gasteiger partial charge in [0.1, 0.15) is 5.69 Å². The Morgan fingerprint density at radius 1 is 1.25 bits per heavy atom. The smallest absolute Gasteiger partial charge is 0.317 e. The minimum atomic E-state index is 0.0767. The third-order valence-electron chi connectivity index (χ3n) is 4.82. The van der Waals surface area contributed by atoms with Crippen molar-refractivity contribution in [3.8, 4) is 11.3 Å². The first-order chi connectivity index (χ1) is 11.8. The van der Waals surface area contributed by atoms with E-state index in [1.54, 1.807) is 0 Å². The molecule has 1 aromatic carbocycles. The van der Waals surface area contributed by atoms with Gasteiger partial charge in [0.25, 0.3) is 0 Å². The van der Waals surface area contributed by atoms with Gasteiger partial charge in [-0.25, -0.2) is 4.79 Å². The summed E-state index contributed by atoms with van der Waals surface area (Å²) in [5.74, 6) is 0.875. The maximum atomic E-state index is 11.9. The van der Waals surface area contributed by atoms with Crippen molar-refractivity contribution in [1.82, 2.24) is 20.3 Å².